The molecular weight excluding hydrogens is 406 g/mol. The van der Waals surface area contributed by atoms with E-state index in [1.807, 2.05) is 6.07 Å². The van der Waals surface area contributed by atoms with Gasteiger partial charge in [-0.15, -0.1) is 11.3 Å². The van der Waals surface area contributed by atoms with Crippen LogP contribution < -0.4 is 5.32 Å². The molecule has 5 nitrogen and oxygen atoms in total. The molecule has 0 saturated heterocycles. The van der Waals surface area contributed by atoms with Crippen molar-refractivity contribution in [3.05, 3.63) is 60.2 Å². The Morgan fingerprint density at radius 1 is 1.07 bits per heavy atom. The minimum Gasteiger partial charge on any atom is -0.394 e. The first-order valence-electron chi connectivity index (χ1n) is 9.31. The van der Waals surface area contributed by atoms with Crippen LogP contribution in [0.2, 0.25) is 0 Å². The van der Waals surface area contributed by atoms with Gasteiger partial charge in [0.05, 0.1) is 25.0 Å². The van der Waals surface area contributed by atoms with E-state index < -0.39 is 15.7 Å². The summed E-state index contributed by atoms with van der Waals surface area (Å²) in [6, 6.07) is 19.1. The van der Waals surface area contributed by atoms with Gasteiger partial charge in [0.2, 0.25) is 0 Å². The Bertz CT molecular complexity index is 1300. The number of aliphatic hydroxyl groups excluding tert-OH is 1. The molecule has 0 radical (unpaired) electrons. The van der Waals surface area contributed by atoms with Crippen molar-refractivity contribution >= 4 is 52.4 Å². The smallest absolute Gasteiger partial charge is 0.264 e. The zero-order valence-corrected chi connectivity index (χ0v) is 17.9. The lowest BCUT2D eigenvalue weighted by molar-refractivity contribution is 0.118. The fraction of sp³-hybridized carbons (Fsp3) is 0.273. The van der Waals surface area contributed by atoms with Gasteiger partial charge in [0.1, 0.15) is 0 Å². The highest BCUT2D eigenvalue weighted by Gasteiger charge is 2.25. The quantitative estimate of drug-likeness (QED) is 0.434. The molecule has 3 aromatic carbocycles. The van der Waals surface area contributed by atoms with Crippen LogP contribution in [-0.4, -0.2) is 38.5 Å². The highest BCUT2D eigenvalue weighted by atomic mass is 32.2. The number of benzene rings is 3. The summed E-state index contributed by atoms with van der Waals surface area (Å²) in [5.41, 5.74) is 0.200. The number of hydrogen-bond donors (Lipinski definition) is 2. The third-order valence-electron chi connectivity index (χ3n) is 5.08. The Labute approximate surface area is 174 Å². The minimum absolute atomic E-state index is 0.128. The molecule has 29 heavy (non-hydrogen) atoms. The van der Waals surface area contributed by atoms with Crippen molar-refractivity contribution in [3.8, 4) is 0 Å². The monoisotopic (exact) mass is 429 g/mol. The minimum atomic E-state index is -3.57. The number of fused-ring (bicyclic) bond motifs is 5. The third-order valence-corrected chi connectivity index (χ3v) is 6.77. The summed E-state index contributed by atoms with van der Waals surface area (Å²) in [5.74, 6) is 0. The molecular formula is C22H23NO4S2. The second kappa shape index (κ2) is 7.66. The standard InChI is InChI=1S/C22H23NO4S2/c1-22(13-24,14-27-29(2,25)26)23-12-15-7-9-19-18(11-15)21-17-6-4-3-5-16(17)8-10-20(21)28-19/h3-11,23-24H,12-14H2,1-2H3. The molecule has 1 heterocycles. The summed E-state index contributed by atoms with van der Waals surface area (Å²) in [6.45, 7) is 1.86. The Kier molecular flexibility index (Phi) is 5.35. The molecule has 1 aromatic heterocycles. The van der Waals surface area contributed by atoms with Crippen LogP contribution in [0.5, 0.6) is 0 Å². The van der Waals surface area contributed by atoms with Crippen molar-refractivity contribution in [2.24, 2.45) is 0 Å². The van der Waals surface area contributed by atoms with Gasteiger partial charge in [-0.05, 0) is 41.5 Å². The van der Waals surface area contributed by atoms with Crippen molar-refractivity contribution in [1.29, 1.82) is 0 Å². The van der Waals surface area contributed by atoms with Crippen LogP contribution in [0.1, 0.15) is 12.5 Å². The van der Waals surface area contributed by atoms with Gasteiger partial charge in [-0.2, -0.15) is 8.42 Å². The molecule has 2 N–H and O–H groups in total. The summed E-state index contributed by atoms with van der Waals surface area (Å²) in [4.78, 5) is 0. The maximum absolute atomic E-state index is 11.3. The molecule has 4 aromatic rings. The molecule has 0 spiro atoms. The van der Waals surface area contributed by atoms with E-state index in [4.69, 9.17) is 4.18 Å². The number of rotatable bonds is 7. The van der Waals surface area contributed by atoms with E-state index in [1.165, 1.54) is 30.9 Å². The largest absolute Gasteiger partial charge is 0.394 e. The molecule has 0 amide bonds. The predicted octanol–water partition coefficient (Wildman–Crippen LogP) is 4.02. The average molecular weight is 430 g/mol. The Balaban J connectivity index is 1.66. The number of hydrogen-bond acceptors (Lipinski definition) is 6. The van der Waals surface area contributed by atoms with E-state index in [1.54, 1.807) is 18.3 Å². The van der Waals surface area contributed by atoms with Gasteiger partial charge in [-0.25, -0.2) is 0 Å². The summed E-state index contributed by atoms with van der Waals surface area (Å²) >= 11 is 1.78. The van der Waals surface area contributed by atoms with Gasteiger partial charge in [-0.1, -0.05) is 36.4 Å². The second-order valence-corrected chi connectivity index (χ2v) is 10.4. The molecule has 0 aliphatic heterocycles. The van der Waals surface area contributed by atoms with E-state index in [0.29, 0.717) is 6.54 Å². The van der Waals surface area contributed by atoms with E-state index in [-0.39, 0.29) is 13.2 Å². The van der Waals surface area contributed by atoms with Crippen LogP contribution in [0.25, 0.3) is 30.9 Å². The zero-order valence-electron chi connectivity index (χ0n) is 16.3. The van der Waals surface area contributed by atoms with Gasteiger partial charge in [0.15, 0.2) is 0 Å². The van der Waals surface area contributed by atoms with E-state index in [2.05, 4.69) is 53.8 Å². The Hall–Kier alpha value is -2.03. The molecule has 0 bridgehead atoms. The number of nitrogens with one attached hydrogen (secondary N) is 1. The first-order valence-corrected chi connectivity index (χ1v) is 11.9. The summed E-state index contributed by atoms with van der Waals surface area (Å²) in [6.07, 6.45) is 1.00. The van der Waals surface area contributed by atoms with Crippen LogP contribution >= 0.6 is 11.3 Å². The molecule has 0 aliphatic carbocycles. The van der Waals surface area contributed by atoms with Crippen molar-refractivity contribution in [1.82, 2.24) is 5.32 Å². The van der Waals surface area contributed by atoms with Crippen molar-refractivity contribution < 1.29 is 17.7 Å². The highest BCUT2D eigenvalue weighted by Crippen LogP contribution is 2.38. The summed E-state index contributed by atoms with van der Waals surface area (Å²) in [7, 11) is -3.57. The molecule has 7 heteroatoms. The first kappa shape index (κ1) is 20.3. The lowest BCUT2D eigenvalue weighted by Crippen LogP contribution is -2.49. The summed E-state index contributed by atoms with van der Waals surface area (Å²) in [5, 5.41) is 17.9. The van der Waals surface area contributed by atoms with Gasteiger partial charge >= 0.3 is 0 Å². The lowest BCUT2D eigenvalue weighted by atomic mass is 10.0. The molecule has 0 aliphatic rings. The van der Waals surface area contributed by atoms with Gasteiger partial charge in [0, 0.05) is 26.7 Å². The molecule has 4 rings (SSSR count). The van der Waals surface area contributed by atoms with Crippen molar-refractivity contribution in [2.45, 2.75) is 19.0 Å². The summed E-state index contributed by atoms with van der Waals surface area (Å²) < 4.78 is 29.9. The Morgan fingerprint density at radius 2 is 1.83 bits per heavy atom. The fourth-order valence-corrected chi connectivity index (χ4v) is 4.99. The predicted molar refractivity (Wildman–Crippen MR) is 120 cm³/mol. The van der Waals surface area contributed by atoms with Crippen LogP contribution in [0, 0.1) is 0 Å². The SMILES string of the molecule is CC(CO)(COS(C)(=O)=O)NCc1ccc2sc3ccc4ccccc4c3c2c1. The molecule has 0 fully saturated rings. The first-order chi connectivity index (χ1) is 13.8. The highest BCUT2D eigenvalue weighted by molar-refractivity contribution is 7.85. The lowest BCUT2D eigenvalue weighted by Gasteiger charge is -2.28. The van der Waals surface area contributed by atoms with Crippen LogP contribution in [0.3, 0.4) is 0 Å². The van der Waals surface area contributed by atoms with E-state index in [0.717, 1.165) is 11.8 Å². The number of aliphatic hydroxyl groups is 1. The fourth-order valence-electron chi connectivity index (χ4n) is 3.41. The molecule has 1 atom stereocenters. The third kappa shape index (κ3) is 4.29. The topological polar surface area (TPSA) is 75.6 Å². The zero-order chi connectivity index (χ0) is 20.6. The van der Waals surface area contributed by atoms with E-state index >= 15 is 0 Å². The van der Waals surface area contributed by atoms with Crippen LogP contribution in [0.15, 0.2) is 54.6 Å². The maximum Gasteiger partial charge on any atom is 0.264 e. The van der Waals surface area contributed by atoms with E-state index in [9.17, 15) is 13.5 Å². The second-order valence-electron chi connectivity index (χ2n) is 7.63. The van der Waals surface area contributed by atoms with Crippen molar-refractivity contribution in [3.63, 3.8) is 0 Å². The molecule has 1 unspecified atom stereocenters. The average Bonchev–Trinajstić information content (AvgIpc) is 3.08. The molecule has 0 saturated carbocycles. The van der Waals surface area contributed by atoms with Crippen molar-refractivity contribution in [2.75, 3.05) is 19.5 Å². The maximum atomic E-state index is 11.3. The molecule has 152 valence electrons. The van der Waals surface area contributed by atoms with Gasteiger partial charge in [0.25, 0.3) is 10.1 Å². The van der Waals surface area contributed by atoms with Crippen LogP contribution in [0.4, 0.5) is 0 Å². The van der Waals surface area contributed by atoms with Crippen LogP contribution in [-0.2, 0) is 20.8 Å². The number of thiophene rings is 1. The Morgan fingerprint density at radius 3 is 2.59 bits per heavy atom. The normalized spacial score (nSPS) is 14.6. The van der Waals surface area contributed by atoms with Gasteiger partial charge in [-0.3, -0.25) is 4.18 Å². The van der Waals surface area contributed by atoms with Gasteiger partial charge < -0.3 is 10.4 Å².